The normalized spacial score (nSPS) is 11.5. The van der Waals surface area contributed by atoms with E-state index < -0.39 is 0 Å². The summed E-state index contributed by atoms with van der Waals surface area (Å²) in [6, 6.07) is 12.6. The Morgan fingerprint density at radius 1 is 0.903 bits per heavy atom. The maximum atomic E-state index is 12.1. The lowest BCUT2D eigenvalue weighted by Crippen LogP contribution is -1.96. The van der Waals surface area contributed by atoms with Gasteiger partial charge in [-0.1, -0.05) is 55.7 Å². The molecule has 0 saturated heterocycles. The number of ketones is 1. The first-order chi connectivity index (χ1) is 15.0. The molecule has 0 unspecified atom stereocenters. The van der Waals surface area contributed by atoms with E-state index in [-0.39, 0.29) is 11.5 Å². The standard InChI is InChI=1S/C26H26O5/c1-4-16-30-24-13-8-20(9-14-24)6-11-22(27)19-23(28)12-7-21-10-15-25(31-17-5-2)26(18-21)29-3/h4-15,18-19,28H,1-2,16-17H2,3H3/b11-6+,12-7+,23-19-. The smallest absolute Gasteiger partial charge is 0.182 e. The first-order valence-corrected chi connectivity index (χ1v) is 9.62. The van der Waals surface area contributed by atoms with E-state index >= 15 is 0 Å². The van der Waals surface area contributed by atoms with E-state index in [0.29, 0.717) is 24.7 Å². The van der Waals surface area contributed by atoms with Gasteiger partial charge in [0.05, 0.1) is 7.11 Å². The summed E-state index contributed by atoms with van der Waals surface area (Å²) >= 11 is 0. The molecule has 2 rings (SSSR count). The van der Waals surface area contributed by atoms with Crippen molar-refractivity contribution >= 4 is 17.9 Å². The minimum absolute atomic E-state index is 0.159. The third-order valence-corrected chi connectivity index (χ3v) is 3.97. The van der Waals surface area contributed by atoms with Gasteiger partial charge < -0.3 is 19.3 Å². The molecule has 0 aliphatic carbocycles. The van der Waals surface area contributed by atoms with Gasteiger partial charge in [0.2, 0.25) is 0 Å². The van der Waals surface area contributed by atoms with Gasteiger partial charge in [-0.05, 0) is 47.5 Å². The molecule has 0 aliphatic rings. The number of ether oxygens (including phenoxy) is 3. The van der Waals surface area contributed by atoms with Crippen molar-refractivity contribution < 1.29 is 24.1 Å². The lowest BCUT2D eigenvalue weighted by molar-refractivity contribution is -0.110. The van der Waals surface area contributed by atoms with Crippen LogP contribution in [0.5, 0.6) is 17.2 Å². The molecule has 1 N–H and O–H groups in total. The summed E-state index contributed by atoms with van der Waals surface area (Å²) in [7, 11) is 1.55. The predicted molar refractivity (Wildman–Crippen MR) is 125 cm³/mol. The lowest BCUT2D eigenvalue weighted by atomic mass is 10.1. The van der Waals surface area contributed by atoms with Gasteiger partial charge in [0.25, 0.3) is 0 Å². The number of rotatable bonds is 12. The van der Waals surface area contributed by atoms with Crippen LogP contribution in [0.2, 0.25) is 0 Å². The fourth-order valence-electron chi connectivity index (χ4n) is 2.49. The second-order valence-electron chi connectivity index (χ2n) is 6.32. The number of methoxy groups -OCH3 is 1. The summed E-state index contributed by atoms with van der Waals surface area (Å²) in [6.07, 6.45) is 10.6. The van der Waals surface area contributed by atoms with Crippen molar-refractivity contribution in [2.24, 2.45) is 0 Å². The van der Waals surface area contributed by atoms with Crippen molar-refractivity contribution in [2.75, 3.05) is 20.3 Å². The van der Waals surface area contributed by atoms with Gasteiger partial charge in [-0.2, -0.15) is 0 Å². The monoisotopic (exact) mass is 418 g/mol. The van der Waals surface area contributed by atoms with E-state index in [1.807, 2.05) is 30.3 Å². The number of carbonyl (C=O) groups is 1. The number of hydrogen-bond donors (Lipinski definition) is 1. The molecule has 0 spiro atoms. The van der Waals surface area contributed by atoms with Crippen molar-refractivity contribution in [3.8, 4) is 17.2 Å². The average Bonchev–Trinajstić information content (AvgIpc) is 2.79. The molecule has 0 atom stereocenters. The van der Waals surface area contributed by atoms with Crippen molar-refractivity contribution in [3.05, 3.63) is 103 Å². The molecule has 0 amide bonds. The first-order valence-electron chi connectivity index (χ1n) is 9.62. The second kappa shape index (κ2) is 12.5. The molecule has 0 heterocycles. The maximum Gasteiger partial charge on any atom is 0.182 e. The maximum absolute atomic E-state index is 12.1. The van der Waals surface area contributed by atoms with E-state index in [1.54, 1.807) is 43.5 Å². The van der Waals surface area contributed by atoms with Crippen LogP contribution in [-0.4, -0.2) is 31.2 Å². The summed E-state index contributed by atoms with van der Waals surface area (Å²) in [5.74, 6) is 1.39. The van der Waals surface area contributed by atoms with Crippen LogP contribution in [0.4, 0.5) is 0 Å². The summed E-state index contributed by atoms with van der Waals surface area (Å²) in [6.45, 7) is 8.02. The minimum atomic E-state index is -0.333. The molecule has 5 heteroatoms. The molecule has 0 aromatic heterocycles. The van der Waals surface area contributed by atoms with Gasteiger partial charge in [-0.3, -0.25) is 4.79 Å². The summed E-state index contributed by atoms with van der Waals surface area (Å²) < 4.78 is 16.2. The highest BCUT2D eigenvalue weighted by Crippen LogP contribution is 2.28. The van der Waals surface area contributed by atoms with Crippen LogP contribution in [0.3, 0.4) is 0 Å². The highest BCUT2D eigenvalue weighted by Gasteiger charge is 2.04. The molecule has 0 fully saturated rings. The van der Waals surface area contributed by atoms with E-state index in [4.69, 9.17) is 14.2 Å². The van der Waals surface area contributed by atoms with Gasteiger partial charge in [-0.25, -0.2) is 0 Å². The van der Waals surface area contributed by atoms with Crippen LogP contribution in [0.1, 0.15) is 11.1 Å². The van der Waals surface area contributed by atoms with Crippen molar-refractivity contribution in [1.82, 2.24) is 0 Å². The van der Waals surface area contributed by atoms with Gasteiger partial charge in [-0.15, -0.1) is 0 Å². The number of aliphatic hydroxyl groups excluding tert-OH is 1. The Hall–Kier alpha value is -3.99. The minimum Gasteiger partial charge on any atom is -0.508 e. The molecule has 0 bridgehead atoms. The fourth-order valence-corrected chi connectivity index (χ4v) is 2.49. The SMILES string of the molecule is C=CCOc1ccc(/C=C/C(=O)/C=C(O)/C=C/c2ccc(OCC=C)c(OC)c2)cc1. The average molecular weight is 418 g/mol. The quantitative estimate of drug-likeness (QED) is 0.211. The topological polar surface area (TPSA) is 65.0 Å². The number of carbonyl (C=O) groups excluding carboxylic acids is 1. The Kier molecular flexibility index (Phi) is 9.43. The van der Waals surface area contributed by atoms with Gasteiger partial charge in [0.1, 0.15) is 24.7 Å². The number of benzene rings is 2. The summed E-state index contributed by atoms with van der Waals surface area (Å²) in [4.78, 5) is 12.1. The zero-order valence-electron chi connectivity index (χ0n) is 17.5. The zero-order valence-corrected chi connectivity index (χ0v) is 17.5. The van der Waals surface area contributed by atoms with Crippen molar-refractivity contribution in [3.63, 3.8) is 0 Å². The molecule has 0 aliphatic heterocycles. The Morgan fingerprint density at radius 2 is 1.55 bits per heavy atom. The number of hydrogen-bond acceptors (Lipinski definition) is 5. The molecule has 2 aromatic carbocycles. The Morgan fingerprint density at radius 3 is 2.23 bits per heavy atom. The zero-order chi connectivity index (χ0) is 22.5. The van der Waals surface area contributed by atoms with Crippen LogP contribution in [0, 0.1) is 0 Å². The van der Waals surface area contributed by atoms with Crippen LogP contribution in [0.25, 0.3) is 12.2 Å². The third-order valence-electron chi connectivity index (χ3n) is 3.97. The van der Waals surface area contributed by atoms with Gasteiger partial charge in [0.15, 0.2) is 17.3 Å². The largest absolute Gasteiger partial charge is 0.508 e. The number of aliphatic hydroxyl groups is 1. The molecular weight excluding hydrogens is 392 g/mol. The summed E-state index contributed by atoms with van der Waals surface area (Å²) in [5, 5.41) is 10.0. The van der Waals surface area contributed by atoms with Crippen LogP contribution < -0.4 is 14.2 Å². The lowest BCUT2D eigenvalue weighted by Gasteiger charge is -2.09. The Balaban J connectivity index is 1.98. The molecule has 0 radical (unpaired) electrons. The highest BCUT2D eigenvalue weighted by molar-refractivity contribution is 6.02. The molecular formula is C26H26O5. The van der Waals surface area contributed by atoms with Crippen LogP contribution in [-0.2, 0) is 4.79 Å². The van der Waals surface area contributed by atoms with Crippen LogP contribution >= 0.6 is 0 Å². The van der Waals surface area contributed by atoms with Crippen LogP contribution in [0.15, 0.2) is 91.8 Å². The molecule has 0 saturated carbocycles. The molecule has 31 heavy (non-hydrogen) atoms. The van der Waals surface area contributed by atoms with Crippen molar-refractivity contribution in [2.45, 2.75) is 0 Å². The Labute approximate surface area is 182 Å². The summed E-state index contributed by atoms with van der Waals surface area (Å²) in [5.41, 5.74) is 1.62. The van der Waals surface area contributed by atoms with Gasteiger partial charge in [0, 0.05) is 6.08 Å². The first kappa shape index (κ1) is 23.3. The second-order valence-corrected chi connectivity index (χ2v) is 6.32. The third kappa shape index (κ3) is 8.11. The molecule has 5 nitrogen and oxygen atoms in total. The van der Waals surface area contributed by atoms with E-state index in [1.165, 1.54) is 12.2 Å². The highest BCUT2D eigenvalue weighted by atomic mass is 16.5. The van der Waals surface area contributed by atoms with E-state index in [9.17, 15) is 9.90 Å². The fraction of sp³-hybridized carbons (Fsp3) is 0.115. The molecule has 160 valence electrons. The molecule has 2 aromatic rings. The van der Waals surface area contributed by atoms with E-state index in [2.05, 4.69) is 13.2 Å². The van der Waals surface area contributed by atoms with Gasteiger partial charge >= 0.3 is 0 Å². The Bertz CT molecular complexity index is 981. The van der Waals surface area contributed by atoms with E-state index in [0.717, 1.165) is 23.0 Å². The number of allylic oxidation sites excluding steroid dienone is 3. The van der Waals surface area contributed by atoms with Crippen molar-refractivity contribution in [1.29, 1.82) is 0 Å². The predicted octanol–water partition coefficient (Wildman–Crippen LogP) is 5.56.